The molecule has 106 valence electrons. The van der Waals surface area contributed by atoms with Crippen LogP contribution in [0.2, 0.25) is 0 Å². The lowest BCUT2D eigenvalue weighted by molar-refractivity contribution is -0.160. The van der Waals surface area contributed by atoms with Gasteiger partial charge in [0, 0.05) is 13.1 Å². The summed E-state index contributed by atoms with van der Waals surface area (Å²) in [4.78, 5) is 12.4. The maximum absolute atomic E-state index is 12.7. The highest BCUT2D eigenvalue weighted by Gasteiger charge is 2.32. The molecule has 0 atom stereocenters. The number of carbonyl (C=O) groups is 1. The van der Waals surface area contributed by atoms with Crippen LogP contribution < -0.4 is 5.73 Å². The average molecular weight is 278 g/mol. The predicted molar refractivity (Wildman–Crippen MR) is 61.8 cm³/mol. The largest absolute Gasteiger partial charge is 0.406 e. The molecular formula is C12H14F4N2O. The first-order valence-corrected chi connectivity index (χ1v) is 5.61. The third-order valence-corrected chi connectivity index (χ3v) is 2.39. The van der Waals surface area contributed by atoms with Crippen LogP contribution in [0.5, 0.6) is 0 Å². The molecule has 0 aliphatic carbocycles. The predicted octanol–water partition coefficient (Wildman–Crippen LogP) is 1.72. The summed E-state index contributed by atoms with van der Waals surface area (Å²) in [7, 11) is 0. The van der Waals surface area contributed by atoms with Crippen LogP contribution in [0, 0.1) is 5.82 Å². The monoisotopic (exact) mass is 278 g/mol. The van der Waals surface area contributed by atoms with Crippen molar-refractivity contribution >= 4 is 5.91 Å². The molecule has 1 amide bonds. The van der Waals surface area contributed by atoms with Crippen molar-refractivity contribution in [3.05, 3.63) is 35.6 Å². The normalized spacial score (nSPS) is 11.4. The van der Waals surface area contributed by atoms with Gasteiger partial charge in [-0.3, -0.25) is 4.79 Å². The van der Waals surface area contributed by atoms with Crippen LogP contribution in [-0.4, -0.2) is 36.6 Å². The molecule has 3 nitrogen and oxygen atoms in total. The minimum atomic E-state index is -4.46. The van der Waals surface area contributed by atoms with Gasteiger partial charge < -0.3 is 10.6 Å². The zero-order chi connectivity index (χ0) is 14.5. The first-order valence-electron chi connectivity index (χ1n) is 5.61. The lowest BCUT2D eigenvalue weighted by atomic mass is 10.1. The summed E-state index contributed by atoms with van der Waals surface area (Å²) in [5.74, 6) is -1.15. The standard InChI is InChI=1S/C12H14F4N2O/c13-10-3-1-9(2-4-10)7-11(19)18(6-5-17)8-12(14,15)16/h1-4H,5-8,17H2. The summed E-state index contributed by atoms with van der Waals surface area (Å²) in [5, 5.41) is 0. The van der Waals surface area contributed by atoms with Gasteiger partial charge in [0.05, 0.1) is 6.42 Å². The Kier molecular flexibility index (Phi) is 5.29. The molecule has 1 aromatic carbocycles. The van der Waals surface area contributed by atoms with Crippen molar-refractivity contribution in [3.63, 3.8) is 0 Å². The van der Waals surface area contributed by atoms with Gasteiger partial charge in [0.25, 0.3) is 0 Å². The van der Waals surface area contributed by atoms with Gasteiger partial charge in [-0.25, -0.2) is 4.39 Å². The molecule has 0 aromatic heterocycles. The van der Waals surface area contributed by atoms with Crippen LogP contribution in [-0.2, 0) is 11.2 Å². The molecule has 0 saturated heterocycles. The lowest BCUT2D eigenvalue weighted by Gasteiger charge is -2.23. The number of hydrogen-bond acceptors (Lipinski definition) is 2. The highest BCUT2D eigenvalue weighted by Crippen LogP contribution is 2.17. The molecular weight excluding hydrogens is 264 g/mol. The molecule has 0 aliphatic rings. The van der Waals surface area contributed by atoms with Crippen LogP contribution in [0.15, 0.2) is 24.3 Å². The zero-order valence-corrected chi connectivity index (χ0v) is 10.1. The molecule has 1 rings (SSSR count). The van der Waals surface area contributed by atoms with Gasteiger partial charge in [0.15, 0.2) is 0 Å². The van der Waals surface area contributed by atoms with E-state index in [1.807, 2.05) is 0 Å². The van der Waals surface area contributed by atoms with Gasteiger partial charge >= 0.3 is 6.18 Å². The van der Waals surface area contributed by atoms with Crippen molar-refractivity contribution in [1.82, 2.24) is 4.90 Å². The molecule has 2 N–H and O–H groups in total. The van der Waals surface area contributed by atoms with E-state index in [2.05, 4.69) is 0 Å². The molecule has 1 aromatic rings. The molecule has 0 unspecified atom stereocenters. The number of carbonyl (C=O) groups excluding carboxylic acids is 1. The second kappa shape index (κ2) is 6.51. The van der Waals surface area contributed by atoms with E-state index in [9.17, 15) is 22.4 Å². The Morgan fingerprint density at radius 3 is 2.26 bits per heavy atom. The second-order valence-corrected chi connectivity index (χ2v) is 4.02. The minimum absolute atomic E-state index is 0.0504. The van der Waals surface area contributed by atoms with Crippen LogP contribution in [0.4, 0.5) is 17.6 Å². The van der Waals surface area contributed by atoms with Crippen molar-refractivity contribution in [2.45, 2.75) is 12.6 Å². The maximum atomic E-state index is 12.7. The van der Waals surface area contributed by atoms with E-state index in [1.54, 1.807) is 0 Å². The highest BCUT2D eigenvalue weighted by molar-refractivity contribution is 5.78. The first kappa shape index (κ1) is 15.4. The number of rotatable bonds is 5. The summed E-state index contributed by atoms with van der Waals surface area (Å²) >= 11 is 0. The third kappa shape index (κ3) is 5.69. The van der Waals surface area contributed by atoms with Gasteiger partial charge in [-0.15, -0.1) is 0 Å². The smallest absolute Gasteiger partial charge is 0.332 e. The van der Waals surface area contributed by atoms with E-state index >= 15 is 0 Å². The number of nitrogens with zero attached hydrogens (tertiary/aromatic N) is 1. The van der Waals surface area contributed by atoms with Crippen LogP contribution >= 0.6 is 0 Å². The van der Waals surface area contributed by atoms with Crippen molar-refractivity contribution in [1.29, 1.82) is 0 Å². The molecule has 0 radical (unpaired) electrons. The van der Waals surface area contributed by atoms with Crippen molar-refractivity contribution in [2.75, 3.05) is 19.6 Å². The van der Waals surface area contributed by atoms with Crippen LogP contribution in [0.3, 0.4) is 0 Å². The zero-order valence-electron chi connectivity index (χ0n) is 10.1. The van der Waals surface area contributed by atoms with Crippen LogP contribution in [0.25, 0.3) is 0 Å². The average Bonchev–Trinajstić information content (AvgIpc) is 2.30. The second-order valence-electron chi connectivity index (χ2n) is 4.02. The van der Waals surface area contributed by atoms with E-state index in [0.29, 0.717) is 10.5 Å². The Morgan fingerprint density at radius 2 is 1.79 bits per heavy atom. The highest BCUT2D eigenvalue weighted by atomic mass is 19.4. The van der Waals surface area contributed by atoms with Gasteiger partial charge in [0.2, 0.25) is 5.91 Å². The first-order chi connectivity index (χ1) is 8.81. The number of benzene rings is 1. The number of amides is 1. The van der Waals surface area contributed by atoms with Crippen molar-refractivity contribution in [3.8, 4) is 0 Å². The summed E-state index contributed by atoms with van der Waals surface area (Å²) in [6.07, 6.45) is -4.68. The Balaban J connectivity index is 2.68. The topological polar surface area (TPSA) is 46.3 Å². The molecule has 0 saturated carbocycles. The third-order valence-electron chi connectivity index (χ3n) is 2.39. The molecule has 0 aliphatic heterocycles. The summed E-state index contributed by atoms with van der Waals surface area (Å²) < 4.78 is 49.6. The number of halogens is 4. The van der Waals surface area contributed by atoms with E-state index < -0.39 is 24.4 Å². The number of nitrogens with two attached hydrogens (primary N) is 1. The Bertz CT molecular complexity index is 417. The van der Waals surface area contributed by atoms with E-state index in [4.69, 9.17) is 5.73 Å². The summed E-state index contributed by atoms with van der Waals surface area (Å²) in [6.45, 7) is -1.55. The Hall–Kier alpha value is -1.63. The molecule has 0 bridgehead atoms. The Morgan fingerprint density at radius 1 is 1.21 bits per heavy atom. The number of alkyl halides is 3. The van der Waals surface area contributed by atoms with Gasteiger partial charge in [-0.05, 0) is 17.7 Å². The summed E-state index contributed by atoms with van der Waals surface area (Å²) in [5.41, 5.74) is 5.64. The van der Waals surface area contributed by atoms with E-state index in [1.165, 1.54) is 12.1 Å². The SMILES string of the molecule is NCCN(CC(F)(F)F)C(=O)Cc1ccc(F)cc1. The lowest BCUT2D eigenvalue weighted by Crippen LogP contribution is -2.42. The van der Waals surface area contributed by atoms with Gasteiger partial charge in [-0.2, -0.15) is 13.2 Å². The molecule has 0 fully saturated rings. The maximum Gasteiger partial charge on any atom is 0.406 e. The van der Waals surface area contributed by atoms with Gasteiger partial charge in [-0.1, -0.05) is 12.1 Å². The quantitative estimate of drug-likeness (QED) is 0.834. The molecule has 7 heteroatoms. The summed E-state index contributed by atoms with van der Waals surface area (Å²) in [6, 6.07) is 5.03. The fourth-order valence-corrected chi connectivity index (χ4v) is 1.55. The van der Waals surface area contributed by atoms with E-state index in [0.717, 1.165) is 12.1 Å². The Labute approximate surface area is 108 Å². The molecule has 19 heavy (non-hydrogen) atoms. The fraction of sp³-hybridized carbons (Fsp3) is 0.417. The van der Waals surface area contributed by atoms with Crippen LogP contribution in [0.1, 0.15) is 5.56 Å². The van der Waals surface area contributed by atoms with E-state index in [-0.39, 0.29) is 19.5 Å². The van der Waals surface area contributed by atoms with Crippen molar-refractivity contribution in [2.24, 2.45) is 5.73 Å². The van der Waals surface area contributed by atoms with Gasteiger partial charge in [0.1, 0.15) is 12.4 Å². The number of hydrogen-bond donors (Lipinski definition) is 1. The molecule has 0 heterocycles. The minimum Gasteiger partial charge on any atom is -0.332 e. The molecule has 0 spiro atoms. The van der Waals surface area contributed by atoms with Crippen molar-refractivity contribution < 1.29 is 22.4 Å². The fourth-order valence-electron chi connectivity index (χ4n) is 1.55.